The minimum atomic E-state index is -3.59. The van der Waals surface area contributed by atoms with Gasteiger partial charge < -0.3 is 5.73 Å². The molecule has 0 radical (unpaired) electrons. The van der Waals surface area contributed by atoms with Crippen LogP contribution in [-0.4, -0.2) is 13.4 Å². The van der Waals surface area contributed by atoms with Gasteiger partial charge in [0.25, 0.3) is 0 Å². The Morgan fingerprint density at radius 1 is 1.26 bits per heavy atom. The molecule has 0 aliphatic carbocycles. The van der Waals surface area contributed by atoms with Gasteiger partial charge in [-0.25, -0.2) is 8.42 Å². The summed E-state index contributed by atoms with van der Waals surface area (Å²) < 4.78 is 26.4. The average molecular weight is 298 g/mol. The molecule has 0 bridgehead atoms. The van der Waals surface area contributed by atoms with Gasteiger partial charge in [0, 0.05) is 11.9 Å². The second kappa shape index (κ2) is 5.46. The largest absolute Gasteiger partial charge is 0.398 e. The third kappa shape index (κ3) is 3.59. The van der Waals surface area contributed by atoms with Gasteiger partial charge in [-0.3, -0.25) is 9.71 Å². The number of hydrogen-bond donors (Lipinski definition) is 2. The van der Waals surface area contributed by atoms with Gasteiger partial charge in [0.1, 0.15) is 0 Å². The van der Waals surface area contributed by atoms with Gasteiger partial charge in [-0.15, -0.1) is 0 Å². The molecule has 0 amide bonds. The molecule has 2 aromatic rings. The molecule has 5 nitrogen and oxygen atoms in total. The van der Waals surface area contributed by atoms with E-state index in [9.17, 15) is 8.42 Å². The van der Waals surface area contributed by atoms with Crippen molar-refractivity contribution in [2.75, 3.05) is 10.5 Å². The van der Waals surface area contributed by atoms with Crippen LogP contribution >= 0.6 is 11.6 Å². The van der Waals surface area contributed by atoms with Gasteiger partial charge in [-0.2, -0.15) is 0 Å². The third-order valence-corrected chi connectivity index (χ3v) is 3.99. The van der Waals surface area contributed by atoms with Crippen LogP contribution in [0.4, 0.5) is 11.4 Å². The van der Waals surface area contributed by atoms with E-state index in [-0.39, 0.29) is 11.4 Å². The Labute approximate surface area is 116 Å². The number of benzene rings is 1. The molecule has 0 unspecified atom stereocenters. The summed E-state index contributed by atoms with van der Waals surface area (Å²) in [5.41, 5.74) is 6.94. The molecule has 2 rings (SSSR count). The van der Waals surface area contributed by atoms with Gasteiger partial charge in [0.15, 0.2) is 0 Å². The minimum absolute atomic E-state index is 0.217. The highest BCUT2D eigenvalue weighted by Crippen LogP contribution is 2.22. The monoisotopic (exact) mass is 297 g/mol. The highest BCUT2D eigenvalue weighted by Gasteiger charge is 2.15. The molecule has 0 atom stereocenters. The Balaban J connectivity index is 2.21. The van der Waals surface area contributed by atoms with E-state index in [0.717, 1.165) is 0 Å². The lowest BCUT2D eigenvalue weighted by atomic mass is 10.2. The van der Waals surface area contributed by atoms with Crippen molar-refractivity contribution in [2.45, 2.75) is 5.75 Å². The maximum absolute atomic E-state index is 12.0. The van der Waals surface area contributed by atoms with E-state index < -0.39 is 10.0 Å². The molecular weight excluding hydrogens is 286 g/mol. The maximum Gasteiger partial charge on any atom is 0.237 e. The van der Waals surface area contributed by atoms with E-state index in [0.29, 0.717) is 16.3 Å². The van der Waals surface area contributed by atoms with E-state index >= 15 is 0 Å². The van der Waals surface area contributed by atoms with Gasteiger partial charge >= 0.3 is 0 Å². The highest BCUT2D eigenvalue weighted by molar-refractivity contribution is 7.91. The molecular formula is C12H12ClN3O2S. The van der Waals surface area contributed by atoms with Crippen molar-refractivity contribution in [3.05, 3.63) is 53.3 Å². The quantitative estimate of drug-likeness (QED) is 0.848. The van der Waals surface area contributed by atoms with Crippen molar-refractivity contribution in [2.24, 2.45) is 0 Å². The molecule has 0 fully saturated rings. The van der Waals surface area contributed by atoms with Crippen LogP contribution in [0.1, 0.15) is 5.56 Å². The zero-order chi connectivity index (χ0) is 13.9. The van der Waals surface area contributed by atoms with Crippen molar-refractivity contribution in [1.82, 2.24) is 4.98 Å². The lowest BCUT2D eigenvalue weighted by molar-refractivity contribution is 0.600. The molecule has 3 N–H and O–H groups in total. The van der Waals surface area contributed by atoms with Crippen molar-refractivity contribution in [3.8, 4) is 0 Å². The molecule has 1 aromatic heterocycles. The molecule has 1 heterocycles. The number of rotatable bonds is 4. The molecule has 0 aliphatic rings. The summed E-state index contributed by atoms with van der Waals surface area (Å²) in [6.07, 6.45) is 2.84. The first kappa shape index (κ1) is 13.6. The van der Waals surface area contributed by atoms with Crippen LogP contribution in [0.15, 0.2) is 42.7 Å². The summed E-state index contributed by atoms with van der Waals surface area (Å²) in [5, 5.41) is 0.291. The predicted molar refractivity (Wildman–Crippen MR) is 76.3 cm³/mol. The molecule has 19 heavy (non-hydrogen) atoms. The molecule has 0 spiro atoms. The number of halogens is 1. The molecule has 1 aromatic carbocycles. The smallest absolute Gasteiger partial charge is 0.237 e. The first-order valence-electron chi connectivity index (χ1n) is 5.41. The van der Waals surface area contributed by atoms with Crippen LogP contribution in [0.5, 0.6) is 0 Å². The van der Waals surface area contributed by atoms with E-state index in [1.165, 1.54) is 18.5 Å². The summed E-state index contributed by atoms with van der Waals surface area (Å²) in [4.78, 5) is 3.82. The predicted octanol–water partition coefficient (Wildman–Crippen LogP) is 2.26. The van der Waals surface area contributed by atoms with Gasteiger partial charge in [-0.05, 0) is 17.7 Å². The average Bonchev–Trinajstić information content (AvgIpc) is 2.35. The SMILES string of the molecule is Nc1ccccc1CS(=O)(=O)Nc1cnccc1Cl. The van der Waals surface area contributed by atoms with Crippen molar-refractivity contribution >= 4 is 33.0 Å². The number of sulfonamides is 1. The zero-order valence-corrected chi connectivity index (χ0v) is 11.4. The van der Waals surface area contributed by atoms with Gasteiger partial charge in [-0.1, -0.05) is 29.8 Å². The van der Waals surface area contributed by atoms with Crippen molar-refractivity contribution in [1.29, 1.82) is 0 Å². The van der Waals surface area contributed by atoms with Crippen LogP contribution in [0.25, 0.3) is 0 Å². The second-order valence-electron chi connectivity index (χ2n) is 3.92. The Morgan fingerprint density at radius 3 is 2.68 bits per heavy atom. The summed E-state index contributed by atoms with van der Waals surface area (Å²) in [6, 6.07) is 8.31. The van der Waals surface area contributed by atoms with Gasteiger partial charge in [0.05, 0.1) is 22.7 Å². The highest BCUT2D eigenvalue weighted by atomic mass is 35.5. The maximum atomic E-state index is 12.0. The third-order valence-electron chi connectivity index (χ3n) is 2.43. The molecule has 0 aliphatic heterocycles. The number of para-hydroxylation sites is 1. The normalized spacial score (nSPS) is 11.2. The Kier molecular flexibility index (Phi) is 3.92. The fraction of sp³-hybridized carbons (Fsp3) is 0.0833. The van der Waals surface area contributed by atoms with E-state index in [4.69, 9.17) is 17.3 Å². The van der Waals surface area contributed by atoms with Gasteiger partial charge in [0.2, 0.25) is 10.0 Å². The first-order valence-corrected chi connectivity index (χ1v) is 7.44. The van der Waals surface area contributed by atoms with E-state index in [1.807, 2.05) is 0 Å². The number of pyridine rings is 1. The number of hydrogen-bond acceptors (Lipinski definition) is 4. The topological polar surface area (TPSA) is 85.1 Å². The number of anilines is 2. The van der Waals surface area contributed by atoms with Crippen LogP contribution in [0, 0.1) is 0 Å². The number of nitrogen functional groups attached to an aromatic ring is 1. The van der Waals surface area contributed by atoms with Crippen LogP contribution < -0.4 is 10.5 Å². The standard InChI is InChI=1S/C12H12ClN3O2S/c13-10-5-6-15-7-12(10)16-19(17,18)8-9-3-1-2-4-11(9)14/h1-7,16H,8,14H2. The number of nitrogens with two attached hydrogens (primary N) is 1. The summed E-state index contributed by atoms with van der Waals surface area (Å²) in [7, 11) is -3.59. The van der Waals surface area contributed by atoms with Crippen molar-refractivity contribution in [3.63, 3.8) is 0 Å². The van der Waals surface area contributed by atoms with E-state index in [1.54, 1.807) is 24.3 Å². The van der Waals surface area contributed by atoms with E-state index in [2.05, 4.69) is 9.71 Å². The molecule has 0 saturated carbocycles. The summed E-state index contributed by atoms with van der Waals surface area (Å²) in [6.45, 7) is 0. The number of aromatic nitrogens is 1. The van der Waals surface area contributed by atoms with Crippen LogP contribution in [-0.2, 0) is 15.8 Å². The van der Waals surface area contributed by atoms with Crippen LogP contribution in [0.3, 0.4) is 0 Å². The van der Waals surface area contributed by atoms with Crippen LogP contribution in [0.2, 0.25) is 5.02 Å². The fourth-order valence-electron chi connectivity index (χ4n) is 1.53. The first-order chi connectivity index (χ1) is 8.98. The summed E-state index contributed by atoms with van der Waals surface area (Å²) >= 11 is 5.87. The lowest BCUT2D eigenvalue weighted by Gasteiger charge is -2.10. The number of nitrogens with zero attached hydrogens (tertiary/aromatic N) is 1. The zero-order valence-electron chi connectivity index (χ0n) is 9.88. The summed E-state index contributed by atoms with van der Waals surface area (Å²) in [5.74, 6) is -0.217. The van der Waals surface area contributed by atoms with Crippen molar-refractivity contribution < 1.29 is 8.42 Å². The molecule has 100 valence electrons. The minimum Gasteiger partial charge on any atom is -0.398 e. The Bertz CT molecular complexity index is 635. The second-order valence-corrected chi connectivity index (χ2v) is 6.04. The Morgan fingerprint density at radius 2 is 2.00 bits per heavy atom. The fourth-order valence-corrected chi connectivity index (χ4v) is 2.98. The molecule has 7 heteroatoms. The number of nitrogens with one attached hydrogen (secondary N) is 1. The molecule has 0 saturated heterocycles. The Hall–Kier alpha value is -1.79. The lowest BCUT2D eigenvalue weighted by Crippen LogP contribution is -2.16.